The van der Waals surface area contributed by atoms with Crippen molar-refractivity contribution in [1.82, 2.24) is 4.90 Å². The van der Waals surface area contributed by atoms with Crippen LogP contribution in [-0.2, 0) is 17.8 Å². The number of piperidine rings is 1. The average Bonchev–Trinajstić information content (AvgIpc) is 2.63. The van der Waals surface area contributed by atoms with Gasteiger partial charge in [-0.15, -0.1) is 0 Å². The third-order valence-corrected chi connectivity index (χ3v) is 5.53. The van der Waals surface area contributed by atoms with Crippen LogP contribution in [0.1, 0.15) is 17.5 Å². The predicted octanol–water partition coefficient (Wildman–Crippen LogP) is 3.81. The number of likely N-dealkylation sites (tertiary alicyclic amines) is 1. The molecule has 2 aliphatic rings. The number of amides is 1. The van der Waals surface area contributed by atoms with E-state index in [9.17, 15) is 4.79 Å². The molecule has 2 heterocycles. The number of hydrogen-bond donors (Lipinski definition) is 0. The molecule has 0 aromatic heterocycles. The van der Waals surface area contributed by atoms with Crippen LogP contribution in [0.3, 0.4) is 0 Å². The summed E-state index contributed by atoms with van der Waals surface area (Å²) in [5.74, 6) is 1.85. The lowest BCUT2D eigenvalue weighted by Crippen LogP contribution is -2.51. The van der Waals surface area contributed by atoms with Gasteiger partial charge in [-0.2, -0.15) is 0 Å². The number of halogens is 1. The first-order valence-electron chi connectivity index (χ1n) is 8.51. The van der Waals surface area contributed by atoms with E-state index in [0.717, 1.165) is 46.5 Å². The lowest BCUT2D eigenvalue weighted by Gasteiger charge is -2.41. The fourth-order valence-corrected chi connectivity index (χ4v) is 4.09. The SMILES string of the molecule is COc1ccc(CN2CC[C@@H]3Oc4ccc(Br)cc4CC3C2=O)cc1. The minimum absolute atomic E-state index is 0.00621. The maximum absolute atomic E-state index is 13.0. The Labute approximate surface area is 155 Å². The standard InChI is InChI=1S/C20H20BrNO3/c1-24-16-5-2-13(3-6-16)12-22-9-8-19-17(20(22)23)11-14-10-15(21)4-7-18(14)25-19/h2-7,10,17,19H,8-9,11-12H2,1H3/t17?,19-/m0/s1. The fraction of sp³-hybridized carbons (Fsp3) is 0.350. The van der Waals surface area contributed by atoms with Crippen molar-refractivity contribution in [3.63, 3.8) is 0 Å². The van der Waals surface area contributed by atoms with Crippen LogP contribution in [0.5, 0.6) is 11.5 Å². The molecule has 4 nitrogen and oxygen atoms in total. The molecular formula is C20H20BrNO3. The van der Waals surface area contributed by atoms with Gasteiger partial charge in [0.05, 0.1) is 13.0 Å². The molecule has 0 saturated carbocycles. The highest BCUT2D eigenvalue weighted by molar-refractivity contribution is 9.10. The van der Waals surface area contributed by atoms with E-state index < -0.39 is 0 Å². The van der Waals surface area contributed by atoms with Crippen molar-refractivity contribution in [2.45, 2.75) is 25.5 Å². The van der Waals surface area contributed by atoms with Crippen molar-refractivity contribution in [1.29, 1.82) is 0 Å². The van der Waals surface area contributed by atoms with E-state index in [4.69, 9.17) is 9.47 Å². The first-order chi connectivity index (χ1) is 12.1. The zero-order valence-corrected chi connectivity index (χ0v) is 15.7. The van der Waals surface area contributed by atoms with Crippen LogP contribution < -0.4 is 9.47 Å². The number of ether oxygens (including phenoxy) is 2. The van der Waals surface area contributed by atoms with Gasteiger partial charge in [0.2, 0.25) is 5.91 Å². The van der Waals surface area contributed by atoms with E-state index in [0.29, 0.717) is 6.54 Å². The highest BCUT2D eigenvalue weighted by Gasteiger charge is 2.41. The van der Waals surface area contributed by atoms with Crippen molar-refractivity contribution < 1.29 is 14.3 Å². The molecule has 2 aliphatic heterocycles. The number of fused-ring (bicyclic) bond motifs is 2. The van der Waals surface area contributed by atoms with E-state index in [-0.39, 0.29) is 17.9 Å². The number of carbonyl (C=O) groups is 1. The second-order valence-corrected chi connectivity index (χ2v) is 7.53. The van der Waals surface area contributed by atoms with Crippen molar-refractivity contribution >= 4 is 21.8 Å². The number of methoxy groups -OCH3 is 1. The Bertz CT molecular complexity index is 790. The van der Waals surface area contributed by atoms with Crippen molar-refractivity contribution in [2.24, 2.45) is 5.92 Å². The summed E-state index contributed by atoms with van der Waals surface area (Å²) < 4.78 is 12.3. The number of carbonyl (C=O) groups excluding carboxylic acids is 1. The smallest absolute Gasteiger partial charge is 0.230 e. The average molecular weight is 402 g/mol. The Morgan fingerprint density at radius 1 is 1.24 bits per heavy atom. The Hall–Kier alpha value is -2.01. The van der Waals surface area contributed by atoms with E-state index in [1.54, 1.807) is 7.11 Å². The quantitative estimate of drug-likeness (QED) is 0.784. The molecule has 2 aromatic carbocycles. The van der Waals surface area contributed by atoms with Gasteiger partial charge >= 0.3 is 0 Å². The molecule has 1 fully saturated rings. The van der Waals surface area contributed by atoms with Crippen LogP contribution >= 0.6 is 15.9 Å². The summed E-state index contributed by atoms with van der Waals surface area (Å²) in [5, 5.41) is 0. The molecule has 25 heavy (non-hydrogen) atoms. The molecule has 4 rings (SSSR count). The van der Waals surface area contributed by atoms with Gasteiger partial charge in [0.15, 0.2) is 0 Å². The van der Waals surface area contributed by atoms with E-state index in [2.05, 4.69) is 22.0 Å². The van der Waals surface area contributed by atoms with E-state index in [1.807, 2.05) is 41.3 Å². The molecular weight excluding hydrogens is 382 g/mol. The first kappa shape index (κ1) is 16.5. The third-order valence-electron chi connectivity index (χ3n) is 5.03. The first-order valence-corrected chi connectivity index (χ1v) is 9.30. The summed E-state index contributed by atoms with van der Waals surface area (Å²) in [7, 11) is 1.66. The molecule has 0 bridgehead atoms. The largest absolute Gasteiger partial charge is 0.497 e. The van der Waals surface area contributed by atoms with Crippen molar-refractivity contribution in [2.75, 3.05) is 13.7 Å². The summed E-state index contributed by atoms with van der Waals surface area (Å²) in [6.07, 6.45) is 1.62. The van der Waals surface area contributed by atoms with Gasteiger partial charge in [-0.1, -0.05) is 28.1 Å². The zero-order valence-electron chi connectivity index (χ0n) is 14.1. The maximum atomic E-state index is 13.0. The van der Waals surface area contributed by atoms with Gasteiger partial charge in [-0.25, -0.2) is 0 Å². The third kappa shape index (κ3) is 3.25. The van der Waals surface area contributed by atoms with Gasteiger partial charge in [-0.3, -0.25) is 4.79 Å². The minimum Gasteiger partial charge on any atom is -0.497 e. The van der Waals surface area contributed by atoms with Crippen LogP contribution in [-0.4, -0.2) is 30.6 Å². The lowest BCUT2D eigenvalue weighted by molar-refractivity contribution is -0.145. The van der Waals surface area contributed by atoms with Gasteiger partial charge in [0.1, 0.15) is 17.6 Å². The molecule has 2 aromatic rings. The van der Waals surface area contributed by atoms with Crippen molar-refractivity contribution in [3.8, 4) is 11.5 Å². The molecule has 1 amide bonds. The Balaban J connectivity index is 1.50. The number of rotatable bonds is 3. The lowest BCUT2D eigenvalue weighted by atomic mass is 9.85. The fourth-order valence-electron chi connectivity index (χ4n) is 3.68. The summed E-state index contributed by atoms with van der Waals surface area (Å²) in [4.78, 5) is 14.9. The van der Waals surface area contributed by atoms with Crippen LogP contribution in [0, 0.1) is 5.92 Å². The molecule has 0 radical (unpaired) electrons. The normalized spacial score (nSPS) is 22.0. The van der Waals surface area contributed by atoms with Crippen LogP contribution in [0.25, 0.3) is 0 Å². The van der Waals surface area contributed by atoms with Gasteiger partial charge in [-0.05, 0) is 47.9 Å². The predicted molar refractivity (Wildman–Crippen MR) is 98.8 cm³/mol. The highest BCUT2D eigenvalue weighted by atomic mass is 79.9. The number of benzene rings is 2. The second-order valence-electron chi connectivity index (χ2n) is 6.62. The Morgan fingerprint density at radius 2 is 2.04 bits per heavy atom. The Kier molecular flexibility index (Phi) is 4.42. The molecule has 0 spiro atoms. The summed E-state index contributed by atoms with van der Waals surface area (Å²) in [6.45, 7) is 1.37. The van der Waals surface area contributed by atoms with Crippen molar-refractivity contribution in [3.05, 3.63) is 58.1 Å². The number of nitrogens with zero attached hydrogens (tertiary/aromatic N) is 1. The van der Waals surface area contributed by atoms with Crippen LogP contribution in [0.2, 0.25) is 0 Å². The monoisotopic (exact) mass is 401 g/mol. The van der Waals surface area contributed by atoms with Gasteiger partial charge in [0, 0.05) is 24.0 Å². The second kappa shape index (κ2) is 6.71. The topological polar surface area (TPSA) is 38.8 Å². The molecule has 130 valence electrons. The van der Waals surface area contributed by atoms with Gasteiger partial charge in [0.25, 0.3) is 0 Å². The Morgan fingerprint density at radius 3 is 2.80 bits per heavy atom. The van der Waals surface area contributed by atoms with Gasteiger partial charge < -0.3 is 14.4 Å². The molecule has 0 aliphatic carbocycles. The minimum atomic E-state index is -0.0891. The summed E-state index contributed by atoms with van der Waals surface area (Å²) in [5.41, 5.74) is 2.22. The highest BCUT2D eigenvalue weighted by Crippen LogP contribution is 2.37. The van der Waals surface area contributed by atoms with Crippen LogP contribution in [0.4, 0.5) is 0 Å². The molecule has 1 unspecified atom stereocenters. The molecule has 0 N–H and O–H groups in total. The van der Waals surface area contributed by atoms with E-state index >= 15 is 0 Å². The van der Waals surface area contributed by atoms with E-state index in [1.165, 1.54) is 0 Å². The number of hydrogen-bond acceptors (Lipinski definition) is 3. The molecule has 1 saturated heterocycles. The molecule has 5 heteroatoms. The summed E-state index contributed by atoms with van der Waals surface area (Å²) >= 11 is 3.50. The maximum Gasteiger partial charge on any atom is 0.230 e. The summed E-state index contributed by atoms with van der Waals surface area (Å²) in [6, 6.07) is 13.9. The van der Waals surface area contributed by atoms with Crippen LogP contribution in [0.15, 0.2) is 46.9 Å². The zero-order chi connectivity index (χ0) is 17.4. The molecule has 2 atom stereocenters.